The predicted molar refractivity (Wildman–Crippen MR) is 68.0 cm³/mol. The van der Waals surface area contributed by atoms with Crippen molar-refractivity contribution in [3.05, 3.63) is 46.2 Å². The Bertz CT molecular complexity index is 601. The fourth-order valence-electron chi connectivity index (χ4n) is 1.87. The van der Waals surface area contributed by atoms with Crippen molar-refractivity contribution in [2.75, 3.05) is 0 Å². The van der Waals surface area contributed by atoms with Crippen LogP contribution >= 0.6 is 11.6 Å². The van der Waals surface area contributed by atoms with Crippen molar-refractivity contribution in [1.29, 1.82) is 0 Å². The lowest BCUT2D eigenvalue weighted by Gasteiger charge is -2.00. The van der Waals surface area contributed by atoms with Gasteiger partial charge >= 0.3 is 0 Å². The molecule has 0 N–H and O–H groups in total. The molecule has 0 radical (unpaired) electrons. The highest BCUT2D eigenvalue weighted by Crippen LogP contribution is 2.24. The summed E-state index contributed by atoms with van der Waals surface area (Å²) in [5, 5.41) is -0.696. The third kappa shape index (κ3) is 1.87. The number of alkyl halides is 1. The average Bonchev–Trinajstić information content (AvgIpc) is 2.50. The molecule has 0 saturated carbocycles. The van der Waals surface area contributed by atoms with Crippen LogP contribution in [-0.2, 0) is 7.05 Å². The molecule has 0 bridgehead atoms. The van der Waals surface area contributed by atoms with E-state index >= 15 is 0 Å². The molecule has 0 aromatic rings. The second-order valence-corrected chi connectivity index (χ2v) is 4.58. The number of fused-ring (bicyclic) bond motifs is 1. The summed E-state index contributed by atoms with van der Waals surface area (Å²) in [5.74, 6) is -0.325. The van der Waals surface area contributed by atoms with Gasteiger partial charge in [-0.15, -0.1) is 11.6 Å². The van der Waals surface area contributed by atoms with E-state index in [9.17, 15) is 9.59 Å². The number of halogens is 1. The van der Waals surface area contributed by atoms with Crippen molar-refractivity contribution in [1.82, 2.24) is 4.57 Å². The number of aromatic nitrogens is 1. The van der Waals surface area contributed by atoms with Crippen LogP contribution in [-0.4, -0.2) is 15.7 Å². The van der Waals surface area contributed by atoms with E-state index < -0.39 is 5.38 Å². The number of Topliss-reactive ketones (excluding diaryl/α,β-unsaturated/α-hetero) is 1. The molecule has 2 aliphatic rings. The molecule has 4 heteroatoms. The van der Waals surface area contributed by atoms with Gasteiger partial charge in [0.25, 0.3) is 5.56 Å². The first-order chi connectivity index (χ1) is 8.04. The van der Waals surface area contributed by atoms with Crippen molar-refractivity contribution in [2.24, 2.45) is 7.05 Å². The van der Waals surface area contributed by atoms with Crippen LogP contribution < -0.4 is 5.56 Å². The van der Waals surface area contributed by atoms with Gasteiger partial charge in [0.2, 0.25) is 0 Å². The van der Waals surface area contributed by atoms with Crippen molar-refractivity contribution < 1.29 is 4.79 Å². The van der Waals surface area contributed by atoms with Crippen molar-refractivity contribution in [2.45, 2.75) is 12.3 Å². The fourth-order valence-corrected chi connectivity index (χ4v) is 1.98. The number of hydrogen-bond donors (Lipinski definition) is 0. The van der Waals surface area contributed by atoms with Gasteiger partial charge in [0.05, 0.1) is 16.6 Å². The summed E-state index contributed by atoms with van der Waals surface area (Å²) in [6, 6.07) is 9.07. The molecule has 0 aromatic carbocycles. The predicted octanol–water partition coefficient (Wildman–Crippen LogP) is 2.30. The summed E-state index contributed by atoms with van der Waals surface area (Å²) >= 11 is 5.78. The Morgan fingerprint density at radius 1 is 1.29 bits per heavy atom. The highest BCUT2D eigenvalue weighted by atomic mass is 35.5. The smallest absolute Gasteiger partial charge is 0.262 e. The van der Waals surface area contributed by atoms with Gasteiger partial charge in [-0.2, -0.15) is 0 Å². The van der Waals surface area contributed by atoms with Crippen molar-refractivity contribution in [3.8, 4) is 11.3 Å². The lowest BCUT2D eigenvalue weighted by molar-refractivity contribution is 0.0991. The summed E-state index contributed by atoms with van der Waals surface area (Å²) in [6.45, 7) is 1.57. The van der Waals surface area contributed by atoms with E-state index in [4.69, 9.17) is 11.6 Å². The van der Waals surface area contributed by atoms with Gasteiger partial charge in [-0.25, -0.2) is 0 Å². The molecule has 17 heavy (non-hydrogen) atoms. The van der Waals surface area contributed by atoms with E-state index in [1.807, 2.05) is 18.2 Å². The monoisotopic (exact) mass is 249 g/mol. The molecular weight excluding hydrogens is 238 g/mol. The maximum atomic E-state index is 12.0. The molecule has 0 aromatic heterocycles. The van der Waals surface area contributed by atoms with Crippen LogP contribution in [0.1, 0.15) is 17.3 Å². The highest BCUT2D eigenvalue weighted by molar-refractivity contribution is 6.34. The largest absolute Gasteiger partial charge is 0.311 e. The number of nitrogens with zero attached hydrogens (tertiary/aromatic N) is 1. The van der Waals surface area contributed by atoms with Gasteiger partial charge < -0.3 is 4.57 Å². The van der Waals surface area contributed by atoms with Crippen LogP contribution in [0.2, 0.25) is 0 Å². The Kier molecular flexibility index (Phi) is 3.03. The highest BCUT2D eigenvalue weighted by Gasteiger charge is 2.25. The first-order valence-corrected chi connectivity index (χ1v) is 5.73. The zero-order valence-corrected chi connectivity index (χ0v) is 10.4. The summed E-state index contributed by atoms with van der Waals surface area (Å²) in [4.78, 5) is 24.0. The molecule has 0 spiro atoms. The zero-order chi connectivity index (χ0) is 12.6. The minimum absolute atomic E-state index is 0.182. The van der Waals surface area contributed by atoms with Gasteiger partial charge in [-0.3, -0.25) is 9.59 Å². The Morgan fingerprint density at radius 2 is 1.94 bits per heavy atom. The molecular formula is C13H12ClNO2. The standard InChI is InChI=1S/C13H12ClNO2/c1-8(14)12(16)11-9-6-4-3-5-7-10(9)15(2)13(11)17/h3-8H,1-2H3. The summed E-state index contributed by atoms with van der Waals surface area (Å²) < 4.78 is 1.47. The van der Waals surface area contributed by atoms with E-state index in [0.717, 1.165) is 5.69 Å². The minimum Gasteiger partial charge on any atom is -0.311 e. The third-order valence-corrected chi connectivity index (χ3v) is 2.97. The van der Waals surface area contributed by atoms with Gasteiger partial charge in [0, 0.05) is 12.6 Å². The Labute approximate surface area is 104 Å². The topological polar surface area (TPSA) is 39.1 Å². The number of carbonyl (C=O) groups excluding carboxylic acids is 1. The van der Waals surface area contributed by atoms with Gasteiger partial charge in [0.1, 0.15) is 0 Å². The molecule has 1 unspecified atom stereocenters. The summed E-state index contributed by atoms with van der Waals surface area (Å²) in [5.41, 5.74) is 1.28. The molecule has 1 atom stereocenters. The molecule has 0 saturated heterocycles. The molecule has 0 amide bonds. The van der Waals surface area contributed by atoms with E-state index in [1.165, 1.54) is 4.57 Å². The second kappa shape index (κ2) is 4.34. The van der Waals surface area contributed by atoms with Crippen LogP contribution in [0.25, 0.3) is 11.3 Å². The SMILES string of the molecule is CC(Cl)C(=O)c1c2cccccc-2n(C)c1=O. The number of rotatable bonds is 2. The van der Waals surface area contributed by atoms with Crippen LogP contribution in [0.3, 0.4) is 0 Å². The average molecular weight is 250 g/mol. The molecule has 2 rings (SSSR count). The van der Waals surface area contributed by atoms with Gasteiger partial charge in [-0.05, 0) is 13.0 Å². The van der Waals surface area contributed by atoms with Crippen LogP contribution in [0, 0.1) is 0 Å². The van der Waals surface area contributed by atoms with E-state index in [-0.39, 0.29) is 16.9 Å². The first-order valence-electron chi connectivity index (χ1n) is 5.30. The number of hydrogen-bond acceptors (Lipinski definition) is 2. The van der Waals surface area contributed by atoms with Crippen molar-refractivity contribution in [3.63, 3.8) is 0 Å². The van der Waals surface area contributed by atoms with E-state index in [2.05, 4.69) is 0 Å². The Morgan fingerprint density at radius 3 is 2.59 bits per heavy atom. The summed E-state index contributed by atoms with van der Waals surface area (Å²) in [6.07, 6.45) is 0. The van der Waals surface area contributed by atoms with Crippen LogP contribution in [0.5, 0.6) is 0 Å². The van der Waals surface area contributed by atoms with Crippen molar-refractivity contribution >= 4 is 17.4 Å². The number of ketones is 1. The summed E-state index contributed by atoms with van der Waals surface area (Å²) in [7, 11) is 1.65. The quantitative estimate of drug-likeness (QED) is 0.605. The van der Waals surface area contributed by atoms with Crippen LogP contribution in [0.15, 0.2) is 35.1 Å². The van der Waals surface area contributed by atoms with Gasteiger partial charge in [-0.1, -0.05) is 24.3 Å². The first kappa shape index (κ1) is 11.9. The second-order valence-electron chi connectivity index (χ2n) is 3.93. The van der Waals surface area contributed by atoms with E-state index in [0.29, 0.717) is 5.56 Å². The fraction of sp³-hybridized carbons (Fsp3) is 0.231. The molecule has 1 aliphatic heterocycles. The molecule has 1 aliphatic carbocycles. The molecule has 3 nitrogen and oxygen atoms in total. The normalized spacial score (nSPS) is 12.6. The third-order valence-electron chi connectivity index (χ3n) is 2.77. The minimum atomic E-state index is -0.696. The maximum absolute atomic E-state index is 12.0. The molecule has 1 heterocycles. The van der Waals surface area contributed by atoms with E-state index in [1.54, 1.807) is 26.1 Å². The molecule has 88 valence electrons. The number of carbonyl (C=O) groups is 1. The Balaban J connectivity index is 2.80. The Hall–Kier alpha value is -1.61. The zero-order valence-electron chi connectivity index (χ0n) is 9.61. The molecule has 0 fully saturated rings. The van der Waals surface area contributed by atoms with Gasteiger partial charge in [0.15, 0.2) is 5.78 Å². The maximum Gasteiger partial charge on any atom is 0.262 e. The van der Waals surface area contributed by atoms with Crippen LogP contribution in [0.4, 0.5) is 0 Å². The lowest BCUT2D eigenvalue weighted by Crippen LogP contribution is -2.22. The lowest BCUT2D eigenvalue weighted by atomic mass is 10.1.